The molecule has 1 aliphatic heterocycles. The van der Waals surface area contributed by atoms with Gasteiger partial charge in [0.1, 0.15) is 19.0 Å². The molecule has 0 saturated carbocycles. The van der Waals surface area contributed by atoms with E-state index in [1.165, 1.54) is 28.6 Å². The SMILES string of the molecule is C[C@H](Sc1nnnn1-c1cccc(F)c1)C(=O)Nc1ccc2c(c1)OCCO2. The number of thioether (sulfide) groups is 1. The number of fused-ring (bicyclic) bond motifs is 1. The van der Waals surface area contributed by atoms with Crippen molar-refractivity contribution in [2.45, 2.75) is 17.3 Å². The van der Waals surface area contributed by atoms with Gasteiger partial charge in [-0.3, -0.25) is 4.79 Å². The maximum absolute atomic E-state index is 13.5. The van der Waals surface area contributed by atoms with E-state index in [2.05, 4.69) is 20.8 Å². The minimum atomic E-state index is -0.494. The number of benzene rings is 2. The number of halogens is 1. The summed E-state index contributed by atoms with van der Waals surface area (Å²) in [5.41, 5.74) is 1.08. The van der Waals surface area contributed by atoms with E-state index in [0.717, 1.165) is 0 Å². The highest BCUT2D eigenvalue weighted by molar-refractivity contribution is 8.00. The number of anilines is 1. The third-order valence-corrected chi connectivity index (χ3v) is 4.99. The lowest BCUT2D eigenvalue weighted by Crippen LogP contribution is -2.23. The molecule has 1 atom stereocenters. The Labute approximate surface area is 164 Å². The monoisotopic (exact) mass is 401 g/mol. The third kappa shape index (κ3) is 3.91. The Morgan fingerprint density at radius 3 is 2.86 bits per heavy atom. The molecule has 2 heterocycles. The number of tetrazole rings is 1. The summed E-state index contributed by atoms with van der Waals surface area (Å²) in [7, 11) is 0. The number of nitrogens with one attached hydrogen (secondary N) is 1. The summed E-state index contributed by atoms with van der Waals surface area (Å²) in [6, 6.07) is 11.1. The molecule has 28 heavy (non-hydrogen) atoms. The quantitative estimate of drug-likeness (QED) is 0.657. The minimum Gasteiger partial charge on any atom is -0.486 e. The van der Waals surface area contributed by atoms with Gasteiger partial charge in [-0.15, -0.1) is 5.10 Å². The summed E-state index contributed by atoms with van der Waals surface area (Å²) < 4.78 is 25.9. The van der Waals surface area contributed by atoms with Crippen molar-refractivity contribution in [3.63, 3.8) is 0 Å². The maximum Gasteiger partial charge on any atom is 0.237 e. The molecular weight excluding hydrogens is 385 g/mol. The summed E-state index contributed by atoms with van der Waals surface area (Å²) in [6.45, 7) is 2.72. The second-order valence-corrected chi connectivity index (χ2v) is 7.27. The Morgan fingerprint density at radius 2 is 2.04 bits per heavy atom. The van der Waals surface area contributed by atoms with Crippen LogP contribution in [-0.2, 0) is 4.79 Å². The number of hydrogen-bond donors (Lipinski definition) is 1. The number of hydrogen-bond acceptors (Lipinski definition) is 7. The first-order valence-electron chi connectivity index (χ1n) is 8.51. The van der Waals surface area contributed by atoms with Gasteiger partial charge >= 0.3 is 0 Å². The smallest absolute Gasteiger partial charge is 0.237 e. The van der Waals surface area contributed by atoms with Crippen LogP contribution in [0, 0.1) is 5.82 Å². The van der Waals surface area contributed by atoms with Gasteiger partial charge in [-0.25, -0.2) is 4.39 Å². The first-order chi connectivity index (χ1) is 13.6. The van der Waals surface area contributed by atoms with Gasteiger partial charge in [-0.2, -0.15) is 4.68 Å². The zero-order valence-corrected chi connectivity index (χ0v) is 15.6. The molecule has 0 radical (unpaired) electrons. The molecule has 2 aromatic carbocycles. The lowest BCUT2D eigenvalue weighted by atomic mass is 10.2. The zero-order chi connectivity index (χ0) is 19.5. The number of aromatic nitrogens is 4. The first kappa shape index (κ1) is 18.2. The van der Waals surface area contributed by atoms with E-state index in [1.54, 1.807) is 37.3 Å². The number of nitrogens with zero attached hydrogens (tertiary/aromatic N) is 4. The molecule has 4 rings (SSSR count). The summed E-state index contributed by atoms with van der Waals surface area (Å²) in [6.07, 6.45) is 0. The highest BCUT2D eigenvalue weighted by Crippen LogP contribution is 2.33. The summed E-state index contributed by atoms with van der Waals surface area (Å²) >= 11 is 1.17. The van der Waals surface area contributed by atoms with Crippen LogP contribution < -0.4 is 14.8 Å². The maximum atomic E-state index is 13.5. The van der Waals surface area contributed by atoms with E-state index in [4.69, 9.17) is 9.47 Å². The van der Waals surface area contributed by atoms with Gasteiger partial charge in [0.25, 0.3) is 0 Å². The second-order valence-electron chi connectivity index (χ2n) is 5.96. The lowest BCUT2D eigenvalue weighted by Gasteiger charge is -2.19. The molecule has 8 nitrogen and oxygen atoms in total. The van der Waals surface area contributed by atoms with Crippen molar-refractivity contribution < 1.29 is 18.7 Å². The van der Waals surface area contributed by atoms with E-state index in [1.807, 2.05) is 0 Å². The largest absolute Gasteiger partial charge is 0.486 e. The number of carbonyl (C=O) groups is 1. The Bertz CT molecular complexity index is 1010. The molecule has 1 aromatic heterocycles. The first-order valence-corrected chi connectivity index (χ1v) is 9.39. The molecule has 0 spiro atoms. The predicted octanol–water partition coefficient (Wildman–Crippen LogP) is 2.69. The van der Waals surface area contributed by atoms with Gasteiger partial charge < -0.3 is 14.8 Å². The van der Waals surface area contributed by atoms with E-state index >= 15 is 0 Å². The van der Waals surface area contributed by atoms with Crippen LogP contribution in [0.15, 0.2) is 47.6 Å². The van der Waals surface area contributed by atoms with Crippen LogP contribution >= 0.6 is 11.8 Å². The lowest BCUT2D eigenvalue weighted by molar-refractivity contribution is -0.115. The molecule has 1 aliphatic rings. The van der Waals surface area contributed by atoms with Crippen molar-refractivity contribution in [2.75, 3.05) is 18.5 Å². The molecule has 3 aromatic rings. The Kier molecular flexibility index (Phi) is 5.11. The second kappa shape index (κ2) is 7.85. The van der Waals surface area contributed by atoms with Gasteiger partial charge in [0, 0.05) is 11.8 Å². The molecule has 1 N–H and O–H groups in total. The standard InChI is InChI=1S/C18H16FN5O3S/c1-11(17(25)20-13-5-6-15-16(10-13)27-8-7-26-15)28-18-21-22-23-24(18)14-4-2-3-12(19)9-14/h2-6,9-11H,7-8H2,1H3,(H,20,25)/t11-/m0/s1. The number of amides is 1. The third-order valence-electron chi connectivity index (χ3n) is 3.95. The Balaban J connectivity index is 1.45. The fourth-order valence-electron chi connectivity index (χ4n) is 2.60. The van der Waals surface area contributed by atoms with E-state index in [0.29, 0.717) is 41.2 Å². The molecule has 0 unspecified atom stereocenters. The molecule has 0 saturated heterocycles. The van der Waals surface area contributed by atoms with Crippen molar-refractivity contribution in [3.8, 4) is 17.2 Å². The molecule has 0 aliphatic carbocycles. The van der Waals surface area contributed by atoms with Gasteiger partial charge in [0.05, 0.1) is 10.9 Å². The number of ether oxygens (including phenoxy) is 2. The van der Waals surface area contributed by atoms with Crippen LogP contribution in [-0.4, -0.2) is 44.6 Å². The average Bonchev–Trinajstić information content (AvgIpc) is 3.16. The average molecular weight is 401 g/mol. The van der Waals surface area contributed by atoms with Gasteiger partial charge in [-0.05, 0) is 47.7 Å². The van der Waals surface area contributed by atoms with Crippen LogP contribution in [0.3, 0.4) is 0 Å². The molecule has 0 bridgehead atoms. The van der Waals surface area contributed by atoms with E-state index in [-0.39, 0.29) is 5.91 Å². The molecular formula is C18H16FN5O3S. The van der Waals surface area contributed by atoms with E-state index < -0.39 is 11.1 Å². The zero-order valence-electron chi connectivity index (χ0n) is 14.8. The van der Waals surface area contributed by atoms with Crippen LogP contribution in [0.4, 0.5) is 10.1 Å². The summed E-state index contributed by atoms with van der Waals surface area (Å²) in [4.78, 5) is 12.6. The van der Waals surface area contributed by atoms with Gasteiger partial charge in [0.15, 0.2) is 11.5 Å². The van der Waals surface area contributed by atoms with Crippen LogP contribution in [0.2, 0.25) is 0 Å². The Hall–Kier alpha value is -3.14. The highest BCUT2D eigenvalue weighted by Gasteiger charge is 2.20. The van der Waals surface area contributed by atoms with Crippen molar-refractivity contribution >= 4 is 23.4 Å². The number of rotatable bonds is 5. The van der Waals surface area contributed by atoms with Gasteiger partial charge in [-0.1, -0.05) is 17.8 Å². The van der Waals surface area contributed by atoms with Gasteiger partial charge in [0.2, 0.25) is 11.1 Å². The molecule has 0 fully saturated rings. The van der Waals surface area contributed by atoms with Crippen LogP contribution in [0.5, 0.6) is 11.5 Å². The molecule has 1 amide bonds. The fraction of sp³-hybridized carbons (Fsp3) is 0.222. The van der Waals surface area contributed by atoms with Crippen molar-refractivity contribution in [1.29, 1.82) is 0 Å². The van der Waals surface area contributed by atoms with E-state index in [9.17, 15) is 9.18 Å². The summed E-state index contributed by atoms with van der Waals surface area (Å²) in [5, 5.41) is 14.2. The highest BCUT2D eigenvalue weighted by atomic mass is 32.2. The normalized spacial score (nSPS) is 13.8. The molecule has 144 valence electrons. The Morgan fingerprint density at radius 1 is 1.21 bits per heavy atom. The summed E-state index contributed by atoms with van der Waals surface area (Å²) in [5.74, 6) is 0.629. The van der Waals surface area contributed by atoms with Crippen LogP contribution in [0.1, 0.15) is 6.92 Å². The van der Waals surface area contributed by atoms with Crippen molar-refractivity contribution in [1.82, 2.24) is 20.2 Å². The minimum absolute atomic E-state index is 0.226. The molecule has 10 heteroatoms. The van der Waals surface area contributed by atoms with Crippen molar-refractivity contribution in [2.24, 2.45) is 0 Å². The number of carbonyl (C=O) groups excluding carboxylic acids is 1. The van der Waals surface area contributed by atoms with Crippen molar-refractivity contribution in [3.05, 3.63) is 48.3 Å². The van der Waals surface area contributed by atoms with Crippen LogP contribution in [0.25, 0.3) is 5.69 Å². The predicted molar refractivity (Wildman–Crippen MR) is 100 cm³/mol. The topological polar surface area (TPSA) is 91.2 Å². The fourth-order valence-corrected chi connectivity index (χ4v) is 3.41.